The van der Waals surface area contributed by atoms with Crippen molar-refractivity contribution >= 4 is 33.3 Å². The molecule has 8 nitrogen and oxygen atoms in total. The summed E-state index contributed by atoms with van der Waals surface area (Å²) >= 11 is 0.612. The van der Waals surface area contributed by atoms with E-state index in [0.29, 0.717) is 11.3 Å². The third-order valence-electron chi connectivity index (χ3n) is 1.40. The highest BCUT2D eigenvalue weighted by Gasteiger charge is 2.20. The first-order chi connectivity index (χ1) is 6.91. The average molecular weight is 230 g/mol. The van der Waals surface area contributed by atoms with Crippen LogP contribution in [0.25, 0.3) is 0 Å². The lowest BCUT2D eigenvalue weighted by molar-refractivity contribution is -0.380. The maximum Gasteiger partial charge on any atom is 0.326 e. The van der Waals surface area contributed by atoms with E-state index in [9.17, 15) is 19.7 Å². The maximum atomic E-state index is 10.9. The summed E-state index contributed by atoms with van der Waals surface area (Å²) in [7, 11) is 0. The van der Waals surface area contributed by atoms with E-state index in [4.69, 9.17) is 11.5 Å². The van der Waals surface area contributed by atoms with Crippen LogP contribution in [0.4, 0.5) is 14.8 Å². The van der Waals surface area contributed by atoms with Gasteiger partial charge in [-0.2, -0.15) is 0 Å². The number of thiophene rings is 1. The zero-order valence-electron chi connectivity index (χ0n) is 7.22. The van der Waals surface area contributed by atoms with Crippen molar-refractivity contribution in [1.82, 2.24) is 0 Å². The summed E-state index contributed by atoms with van der Waals surface area (Å²) in [6.07, 6.45) is 0. The van der Waals surface area contributed by atoms with Gasteiger partial charge in [0.15, 0.2) is 0 Å². The highest BCUT2D eigenvalue weighted by molar-refractivity contribution is 7.19. The highest BCUT2D eigenvalue weighted by Crippen LogP contribution is 2.33. The molecule has 0 saturated heterocycles. The van der Waals surface area contributed by atoms with Crippen LogP contribution in [0.2, 0.25) is 0 Å². The molecule has 0 saturated carbocycles. The average Bonchev–Trinajstić information content (AvgIpc) is 2.46. The van der Waals surface area contributed by atoms with Crippen molar-refractivity contribution in [1.29, 1.82) is 0 Å². The fraction of sp³-hybridized carbons (Fsp3) is 0. The first kappa shape index (κ1) is 10.9. The Balaban J connectivity index is 3.17. The molecule has 0 aliphatic heterocycles. The van der Waals surface area contributed by atoms with Crippen LogP contribution < -0.4 is 16.8 Å². The molecule has 0 radical (unpaired) electrons. The Morgan fingerprint density at radius 3 is 2.47 bits per heavy atom. The molecule has 0 spiro atoms. The lowest BCUT2D eigenvalue weighted by atomic mass is 10.3. The molecule has 0 bridgehead atoms. The summed E-state index contributed by atoms with van der Waals surface area (Å²) in [6.45, 7) is 0. The molecule has 0 fully saturated rings. The van der Waals surface area contributed by atoms with E-state index in [0.717, 1.165) is 6.07 Å². The van der Waals surface area contributed by atoms with Crippen molar-refractivity contribution in [3.05, 3.63) is 21.7 Å². The van der Waals surface area contributed by atoms with Crippen LogP contribution in [0.1, 0.15) is 10.4 Å². The molecule has 1 aromatic heterocycles. The van der Waals surface area contributed by atoms with E-state index in [1.165, 1.54) is 0 Å². The molecule has 0 aliphatic carbocycles. The smallest absolute Gasteiger partial charge is 0.326 e. The first-order valence-electron chi connectivity index (χ1n) is 3.56. The number of nitrogens with one attached hydrogen (secondary N) is 1. The summed E-state index contributed by atoms with van der Waals surface area (Å²) in [5.74, 6) is -0.872. The lowest BCUT2D eigenvalue weighted by Gasteiger charge is -1.97. The van der Waals surface area contributed by atoms with Gasteiger partial charge < -0.3 is 11.5 Å². The van der Waals surface area contributed by atoms with Crippen LogP contribution in [-0.2, 0) is 0 Å². The summed E-state index contributed by atoms with van der Waals surface area (Å²) in [6, 6.07) is 0.0624. The van der Waals surface area contributed by atoms with Crippen LogP contribution in [0.15, 0.2) is 6.07 Å². The second-order valence-electron chi connectivity index (χ2n) is 2.44. The third-order valence-corrected chi connectivity index (χ3v) is 2.40. The van der Waals surface area contributed by atoms with Crippen LogP contribution in [-0.4, -0.2) is 16.9 Å². The fourth-order valence-corrected chi connectivity index (χ4v) is 1.74. The van der Waals surface area contributed by atoms with Crippen molar-refractivity contribution in [2.45, 2.75) is 0 Å². The largest absolute Gasteiger partial charge is 0.366 e. The fourth-order valence-electron chi connectivity index (χ4n) is 0.856. The van der Waals surface area contributed by atoms with Gasteiger partial charge in [0.25, 0.3) is 5.91 Å². The van der Waals surface area contributed by atoms with Gasteiger partial charge in [0.1, 0.15) is 5.00 Å². The molecular formula is C6H6N4O4S. The van der Waals surface area contributed by atoms with Crippen molar-refractivity contribution in [3.8, 4) is 0 Å². The summed E-state index contributed by atoms with van der Waals surface area (Å²) in [4.78, 5) is 31.1. The number of hydrogen-bond donors (Lipinski definition) is 3. The summed E-state index contributed by atoms with van der Waals surface area (Å²) in [5, 5.41) is 12.2. The quantitative estimate of drug-likeness (QED) is 0.505. The normalized spacial score (nSPS) is 9.60. The monoisotopic (exact) mass is 230 g/mol. The summed E-state index contributed by atoms with van der Waals surface area (Å²) in [5.41, 5.74) is 9.64. The van der Waals surface area contributed by atoms with Gasteiger partial charge >= 0.3 is 11.0 Å². The summed E-state index contributed by atoms with van der Waals surface area (Å²) < 4.78 is 0. The number of anilines is 1. The second-order valence-corrected chi connectivity index (χ2v) is 3.47. The van der Waals surface area contributed by atoms with Crippen molar-refractivity contribution in [3.63, 3.8) is 0 Å². The Labute approximate surface area is 87.0 Å². The van der Waals surface area contributed by atoms with Crippen LogP contribution in [0.3, 0.4) is 0 Å². The van der Waals surface area contributed by atoms with Gasteiger partial charge in [-0.25, -0.2) is 4.79 Å². The Bertz CT molecular complexity index is 440. The molecule has 3 amide bonds. The predicted molar refractivity (Wildman–Crippen MR) is 52.7 cm³/mol. The minimum Gasteiger partial charge on any atom is -0.366 e. The van der Waals surface area contributed by atoms with E-state index in [-0.39, 0.29) is 15.6 Å². The van der Waals surface area contributed by atoms with Crippen LogP contribution in [0, 0.1) is 10.1 Å². The molecule has 1 aromatic rings. The van der Waals surface area contributed by atoms with E-state index in [2.05, 4.69) is 5.32 Å². The number of amides is 3. The zero-order valence-corrected chi connectivity index (χ0v) is 8.04. The number of nitrogens with zero attached hydrogens (tertiary/aromatic N) is 1. The molecule has 1 heterocycles. The molecule has 0 aliphatic rings. The molecule has 15 heavy (non-hydrogen) atoms. The number of carbonyl (C=O) groups excluding carboxylic acids is 2. The highest BCUT2D eigenvalue weighted by atomic mass is 32.1. The van der Waals surface area contributed by atoms with Crippen LogP contribution >= 0.6 is 11.3 Å². The molecule has 0 atom stereocenters. The Kier molecular flexibility index (Phi) is 2.85. The SMILES string of the molecule is NC(=O)Nc1sc([N+](=O)[O-])cc1C(N)=O. The topological polar surface area (TPSA) is 141 Å². The maximum absolute atomic E-state index is 10.9. The van der Waals surface area contributed by atoms with E-state index >= 15 is 0 Å². The Morgan fingerprint density at radius 2 is 2.07 bits per heavy atom. The van der Waals surface area contributed by atoms with Crippen molar-refractivity contribution in [2.75, 3.05) is 5.32 Å². The number of hydrogen-bond acceptors (Lipinski definition) is 5. The van der Waals surface area contributed by atoms with Crippen LogP contribution in [0.5, 0.6) is 0 Å². The Hall–Kier alpha value is -2.16. The van der Waals surface area contributed by atoms with Gasteiger partial charge in [0, 0.05) is 6.07 Å². The third kappa shape index (κ3) is 2.40. The van der Waals surface area contributed by atoms with Crippen molar-refractivity contribution in [2.24, 2.45) is 11.5 Å². The molecule has 0 unspecified atom stereocenters. The lowest BCUT2D eigenvalue weighted by Crippen LogP contribution is -2.21. The minimum absolute atomic E-state index is 0.0262. The van der Waals surface area contributed by atoms with Gasteiger partial charge in [-0.1, -0.05) is 0 Å². The molecule has 9 heteroatoms. The molecular weight excluding hydrogens is 224 g/mol. The molecule has 0 aromatic carbocycles. The van der Waals surface area contributed by atoms with E-state index < -0.39 is 16.9 Å². The number of primary amides is 2. The first-order valence-corrected chi connectivity index (χ1v) is 4.38. The van der Waals surface area contributed by atoms with Gasteiger partial charge in [0.05, 0.1) is 10.5 Å². The molecule has 5 N–H and O–H groups in total. The number of carbonyl (C=O) groups is 2. The zero-order chi connectivity index (χ0) is 11.6. The van der Waals surface area contributed by atoms with Gasteiger partial charge in [-0.3, -0.25) is 20.2 Å². The molecule has 1 rings (SSSR count). The predicted octanol–water partition coefficient (Wildman–Crippen LogP) is 0.246. The van der Waals surface area contributed by atoms with Gasteiger partial charge in [-0.05, 0) is 11.3 Å². The minimum atomic E-state index is -0.922. The van der Waals surface area contributed by atoms with E-state index in [1.807, 2.05) is 0 Å². The van der Waals surface area contributed by atoms with Gasteiger partial charge in [0.2, 0.25) is 0 Å². The Morgan fingerprint density at radius 1 is 1.47 bits per heavy atom. The van der Waals surface area contributed by atoms with Gasteiger partial charge in [-0.15, -0.1) is 0 Å². The molecule has 80 valence electrons. The standard InChI is InChI=1S/C6H6N4O4S/c7-4(11)2-1-3(10(13)14)15-5(2)9-6(8)12/h1H,(H2,7,11)(H3,8,9,12). The number of nitrogens with two attached hydrogens (primary N) is 2. The number of rotatable bonds is 3. The van der Waals surface area contributed by atoms with E-state index in [1.54, 1.807) is 0 Å². The van der Waals surface area contributed by atoms with Crippen molar-refractivity contribution < 1.29 is 14.5 Å². The number of nitro groups is 1. The second kappa shape index (κ2) is 3.92. The number of urea groups is 1.